The van der Waals surface area contributed by atoms with Crippen LogP contribution in [0.4, 0.5) is 5.82 Å². The van der Waals surface area contributed by atoms with Crippen LogP contribution in [0.15, 0.2) is 37.1 Å². The van der Waals surface area contributed by atoms with Gasteiger partial charge in [-0.05, 0) is 25.1 Å². The molecule has 1 N–H and O–H groups in total. The van der Waals surface area contributed by atoms with E-state index >= 15 is 0 Å². The van der Waals surface area contributed by atoms with E-state index in [1.807, 2.05) is 17.9 Å². The lowest BCUT2D eigenvalue weighted by Gasteiger charge is -2.21. The highest BCUT2D eigenvalue weighted by molar-refractivity contribution is 5.86. The fourth-order valence-corrected chi connectivity index (χ4v) is 1.49. The molecule has 1 rings (SSSR count). The zero-order chi connectivity index (χ0) is 12.7. The molecule has 0 spiro atoms. The Labute approximate surface area is 101 Å². The molecule has 0 unspecified atom stereocenters. The van der Waals surface area contributed by atoms with Gasteiger partial charge in [0.2, 0.25) is 0 Å². The van der Waals surface area contributed by atoms with Gasteiger partial charge in [0.25, 0.3) is 0 Å². The number of anilines is 1. The highest BCUT2D eigenvalue weighted by atomic mass is 16.4. The second kappa shape index (κ2) is 6.48. The first-order valence-corrected chi connectivity index (χ1v) is 5.41. The fraction of sp³-hybridized carbons (Fsp3) is 0.231. The molecule has 17 heavy (non-hydrogen) atoms. The number of pyridine rings is 1. The van der Waals surface area contributed by atoms with Gasteiger partial charge in [-0.1, -0.05) is 6.08 Å². The molecular formula is C13H16N2O2. The number of nitrogens with zero attached hydrogens (tertiary/aromatic N) is 2. The van der Waals surface area contributed by atoms with Gasteiger partial charge in [0.05, 0.1) is 0 Å². The molecule has 0 aliphatic carbocycles. The van der Waals surface area contributed by atoms with Crippen LogP contribution in [0.2, 0.25) is 0 Å². The molecule has 0 radical (unpaired) electrons. The number of hydrogen-bond donors (Lipinski definition) is 1. The molecule has 90 valence electrons. The first-order valence-electron chi connectivity index (χ1n) is 5.41. The molecular weight excluding hydrogens is 216 g/mol. The summed E-state index contributed by atoms with van der Waals surface area (Å²) >= 11 is 0. The molecule has 0 amide bonds. The van der Waals surface area contributed by atoms with Crippen molar-refractivity contribution in [3.63, 3.8) is 0 Å². The second-order valence-electron chi connectivity index (χ2n) is 3.42. The molecule has 0 fully saturated rings. The van der Waals surface area contributed by atoms with Crippen molar-refractivity contribution in [2.75, 3.05) is 18.0 Å². The van der Waals surface area contributed by atoms with Crippen LogP contribution in [-0.4, -0.2) is 29.1 Å². The summed E-state index contributed by atoms with van der Waals surface area (Å²) < 4.78 is 0. The number of carbonyl (C=O) groups is 1. The Kier molecular flexibility index (Phi) is 4.94. The number of carboxylic acid groups (broad SMARTS) is 1. The van der Waals surface area contributed by atoms with Crippen LogP contribution in [0.1, 0.15) is 12.5 Å². The average Bonchev–Trinajstić information content (AvgIpc) is 2.34. The first kappa shape index (κ1) is 13.0. The van der Waals surface area contributed by atoms with Gasteiger partial charge < -0.3 is 10.0 Å². The number of hydrogen-bond acceptors (Lipinski definition) is 3. The number of carboxylic acids is 1. The minimum Gasteiger partial charge on any atom is -0.478 e. The van der Waals surface area contributed by atoms with Gasteiger partial charge in [-0.3, -0.25) is 0 Å². The molecule has 0 aliphatic heterocycles. The monoisotopic (exact) mass is 232 g/mol. The van der Waals surface area contributed by atoms with Gasteiger partial charge >= 0.3 is 5.97 Å². The quantitative estimate of drug-likeness (QED) is 0.603. The summed E-state index contributed by atoms with van der Waals surface area (Å²) in [6.07, 6.45) is 6.15. The standard InChI is InChI=1S/C13H16N2O2/c1-3-10-15(4-2)13-11(6-5-9-14-13)7-8-12(16)17/h3,5-9H,1,4,10H2,2H3,(H,16,17)/b8-7+. The Morgan fingerprint density at radius 3 is 3.00 bits per heavy atom. The number of aromatic nitrogens is 1. The van der Waals surface area contributed by atoms with Crippen molar-refractivity contribution in [3.8, 4) is 0 Å². The second-order valence-corrected chi connectivity index (χ2v) is 3.42. The molecule has 1 aromatic rings. The lowest BCUT2D eigenvalue weighted by atomic mass is 10.2. The van der Waals surface area contributed by atoms with E-state index < -0.39 is 5.97 Å². The van der Waals surface area contributed by atoms with Crippen molar-refractivity contribution in [1.82, 2.24) is 4.98 Å². The Morgan fingerprint density at radius 1 is 1.65 bits per heavy atom. The maximum absolute atomic E-state index is 10.5. The third-order valence-electron chi connectivity index (χ3n) is 2.25. The minimum atomic E-state index is -0.966. The van der Waals surface area contributed by atoms with Crippen molar-refractivity contribution < 1.29 is 9.90 Å². The molecule has 1 aromatic heterocycles. The van der Waals surface area contributed by atoms with Crippen molar-refractivity contribution in [3.05, 3.63) is 42.6 Å². The van der Waals surface area contributed by atoms with E-state index in [4.69, 9.17) is 5.11 Å². The van der Waals surface area contributed by atoms with E-state index in [9.17, 15) is 4.79 Å². The van der Waals surface area contributed by atoms with Crippen LogP contribution in [0.5, 0.6) is 0 Å². The van der Waals surface area contributed by atoms with Crippen LogP contribution in [0.3, 0.4) is 0 Å². The van der Waals surface area contributed by atoms with Crippen LogP contribution < -0.4 is 4.90 Å². The topological polar surface area (TPSA) is 53.4 Å². The molecule has 0 bridgehead atoms. The summed E-state index contributed by atoms with van der Waals surface area (Å²) in [5, 5.41) is 8.63. The van der Waals surface area contributed by atoms with Gasteiger partial charge in [-0.25, -0.2) is 9.78 Å². The Balaban J connectivity index is 3.05. The fourth-order valence-electron chi connectivity index (χ4n) is 1.49. The van der Waals surface area contributed by atoms with Crippen molar-refractivity contribution in [2.24, 2.45) is 0 Å². The van der Waals surface area contributed by atoms with Crippen LogP contribution in [-0.2, 0) is 4.79 Å². The highest BCUT2D eigenvalue weighted by Gasteiger charge is 2.07. The molecule has 4 nitrogen and oxygen atoms in total. The summed E-state index contributed by atoms with van der Waals surface area (Å²) in [6.45, 7) is 7.18. The highest BCUT2D eigenvalue weighted by Crippen LogP contribution is 2.18. The molecule has 0 atom stereocenters. The summed E-state index contributed by atoms with van der Waals surface area (Å²) in [7, 11) is 0. The van der Waals surface area contributed by atoms with Gasteiger partial charge in [-0.2, -0.15) is 0 Å². The van der Waals surface area contributed by atoms with Crippen LogP contribution in [0, 0.1) is 0 Å². The van der Waals surface area contributed by atoms with Gasteiger partial charge in [0.15, 0.2) is 0 Å². The van der Waals surface area contributed by atoms with Gasteiger partial charge in [-0.15, -0.1) is 6.58 Å². The summed E-state index contributed by atoms with van der Waals surface area (Å²) in [4.78, 5) is 16.8. The average molecular weight is 232 g/mol. The van der Waals surface area contributed by atoms with Crippen molar-refractivity contribution >= 4 is 17.9 Å². The maximum Gasteiger partial charge on any atom is 0.328 e. The van der Waals surface area contributed by atoms with Crippen LogP contribution >= 0.6 is 0 Å². The zero-order valence-corrected chi connectivity index (χ0v) is 9.84. The molecule has 4 heteroatoms. The molecule has 0 aliphatic rings. The molecule has 0 aromatic carbocycles. The first-order chi connectivity index (χ1) is 8.19. The number of aliphatic carboxylic acids is 1. The third-order valence-corrected chi connectivity index (χ3v) is 2.25. The lowest BCUT2D eigenvalue weighted by molar-refractivity contribution is -0.131. The minimum absolute atomic E-state index is 0.682. The SMILES string of the molecule is C=CCN(CC)c1ncccc1/C=C/C(=O)O. The van der Waals surface area contributed by atoms with Crippen molar-refractivity contribution in [2.45, 2.75) is 6.92 Å². The molecule has 1 heterocycles. The van der Waals surface area contributed by atoms with Gasteiger partial charge in [0.1, 0.15) is 5.82 Å². The lowest BCUT2D eigenvalue weighted by Crippen LogP contribution is -2.24. The van der Waals surface area contributed by atoms with E-state index in [-0.39, 0.29) is 0 Å². The number of likely N-dealkylation sites (N-methyl/N-ethyl adjacent to an activating group) is 1. The third kappa shape index (κ3) is 3.75. The Morgan fingerprint density at radius 2 is 2.41 bits per heavy atom. The summed E-state index contributed by atoms with van der Waals surface area (Å²) in [5.74, 6) is -0.195. The van der Waals surface area contributed by atoms with Crippen LogP contribution in [0.25, 0.3) is 6.08 Å². The summed E-state index contributed by atoms with van der Waals surface area (Å²) in [5.41, 5.74) is 0.790. The normalized spacial score (nSPS) is 10.4. The van der Waals surface area contributed by atoms with E-state index in [1.165, 1.54) is 0 Å². The maximum atomic E-state index is 10.5. The Hall–Kier alpha value is -2.10. The van der Waals surface area contributed by atoms with E-state index in [2.05, 4.69) is 11.6 Å². The molecule has 0 saturated heterocycles. The molecule has 0 saturated carbocycles. The summed E-state index contributed by atoms with van der Waals surface area (Å²) in [6, 6.07) is 3.63. The predicted molar refractivity (Wildman–Crippen MR) is 69.0 cm³/mol. The van der Waals surface area contributed by atoms with Gasteiger partial charge in [0, 0.05) is 30.9 Å². The predicted octanol–water partition coefficient (Wildman–Crippen LogP) is 2.19. The van der Waals surface area contributed by atoms with E-state index in [0.717, 1.165) is 24.0 Å². The Bertz CT molecular complexity index is 427. The largest absolute Gasteiger partial charge is 0.478 e. The number of rotatable bonds is 6. The van der Waals surface area contributed by atoms with E-state index in [1.54, 1.807) is 24.4 Å². The van der Waals surface area contributed by atoms with E-state index in [0.29, 0.717) is 6.54 Å². The zero-order valence-electron chi connectivity index (χ0n) is 9.84. The smallest absolute Gasteiger partial charge is 0.328 e. The van der Waals surface area contributed by atoms with Crippen molar-refractivity contribution in [1.29, 1.82) is 0 Å².